The summed E-state index contributed by atoms with van der Waals surface area (Å²) in [6.45, 7) is 4.13. The molecule has 2 aromatic rings. The van der Waals surface area contributed by atoms with Crippen LogP contribution in [0.1, 0.15) is 11.4 Å². The van der Waals surface area contributed by atoms with E-state index in [2.05, 4.69) is 31.4 Å². The van der Waals surface area contributed by atoms with Gasteiger partial charge < -0.3 is 5.73 Å². The van der Waals surface area contributed by atoms with Crippen molar-refractivity contribution in [1.29, 1.82) is 0 Å². The van der Waals surface area contributed by atoms with Crippen molar-refractivity contribution >= 4 is 11.4 Å². The number of nitrogen functional groups attached to an aromatic ring is 1. The Kier molecular flexibility index (Phi) is 2.37. The second kappa shape index (κ2) is 3.69. The summed E-state index contributed by atoms with van der Waals surface area (Å²) < 4.78 is 2.05. The van der Waals surface area contributed by atoms with Gasteiger partial charge in [-0.25, -0.2) is 0 Å². The van der Waals surface area contributed by atoms with Crippen LogP contribution in [0.5, 0.6) is 0 Å². The highest BCUT2D eigenvalue weighted by Crippen LogP contribution is 2.13. The van der Waals surface area contributed by atoms with Gasteiger partial charge in [-0.05, 0) is 50.2 Å². The molecule has 1 aromatic heterocycles. The standard InChI is InChI=1S/C12H15N3/c1-9-3-4-10(2)15(9)14-12-7-5-11(13)6-8-12/h3-8,14H,13H2,1-2H3. The van der Waals surface area contributed by atoms with E-state index in [9.17, 15) is 0 Å². The Bertz CT molecular complexity index is 435. The quantitative estimate of drug-likeness (QED) is 0.733. The molecule has 0 aliphatic rings. The van der Waals surface area contributed by atoms with Gasteiger partial charge in [0, 0.05) is 17.1 Å². The largest absolute Gasteiger partial charge is 0.399 e. The normalized spacial score (nSPS) is 10.3. The number of aromatic nitrogens is 1. The first-order valence-corrected chi connectivity index (χ1v) is 4.94. The zero-order valence-electron chi connectivity index (χ0n) is 8.99. The molecule has 0 spiro atoms. The fourth-order valence-electron chi connectivity index (χ4n) is 1.53. The van der Waals surface area contributed by atoms with Crippen LogP contribution in [0.15, 0.2) is 36.4 Å². The fraction of sp³-hybridized carbons (Fsp3) is 0.167. The van der Waals surface area contributed by atoms with Gasteiger partial charge >= 0.3 is 0 Å². The van der Waals surface area contributed by atoms with Gasteiger partial charge in [-0.15, -0.1) is 0 Å². The Morgan fingerprint density at radius 2 is 1.47 bits per heavy atom. The molecule has 0 radical (unpaired) electrons. The van der Waals surface area contributed by atoms with Crippen LogP contribution in [0.25, 0.3) is 0 Å². The van der Waals surface area contributed by atoms with Gasteiger partial charge in [0.2, 0.25) is 0 Å². The van der Waals surface area contributed by atoms with Gasteiger partial charge in [0.15, 0.2) is 0 Å². The molecule has 0 fully saturated rings. The number of benzene rings is 1. The topological polar surface area (TPSA) is 43.0 Å². The van der Waals surface area contributed by atoms with Crippen LogP contribution in [0.4, 0.5) is 11.4 Å². The number of rotatable bonds is 2. The minimum atomic E-state index is 0.779. The number of nitrogens with two attached hydrogens (primary N) is 1. The zero-order valence-corrected chi connectivity index (χ0v) is 8.99. The Balaban J connectivity index is 2.25. The first-order chi connectivity index (χ1) is 7.16. The number of hydrogen-bond acceptors (Lipinski definition) is 2. The highest BCUT2D eigenvalue weighted by atomic mass is 15.4. The summed E-state index contributed by atoms with van der Waals surface area (Å²) in [5.74, 6) is 0. The van der Waals surface area contributed by atoms with Crippen molar-refractivity contribution in [1.82, 2.24) is 4.68 Å². The third kappa shape index (κ3) is 1.96. The van der Waals surface area contributed by atoms with E-state index >= 15 is 0 Å². The number of hydrogen-bond donors (Lipinski definition) is 2. The average molecular weight is 201 g/mol. The molecule has 0 unspecified atom stereocenters. The average Bonchev–Trinajstić information content (AvgIpc) is 2.53. The van der Waals surface area contributed by atoms with E-state index in [1.165, 1.54) is 11.4 Å². The van der Waals surface area contributed by atoms with Gasteiger partial charge in [-0.1, -0.05) is 0 Å². The first-order valence-electron chi connectivity index (χ1n) is 4.94. The number of nitrogens with one attached hydrogen (secondary N) is 1. The van der Waals surface area contributed by atoms with Crippen molar-refractivity contribution in [3.63, 3.8) is 0 Å². The maximum Gasteiger partial charge on any atom is 0.0547 e. The predicted octanol–water partition coefficient (Wildman–Crippen LogP) is 2.56. The zero-order chi connectivity index (χ0) is 10.8. The van der Waals surface area contributed by atoms with Crippen LogP contribution in [-0.4, -0.2) is 4.68 Å². The lowest BCUT2D eigenvalue weighted by atomic mass is 10.3. The second-order valence-electron chi connectivity index (χ2n) is 3.69. The van der Waals surface area contributed by atoms with E-state index in [0.29, 0.717) is 0 Å². The summed E-state index contributed by atoms with van der Waals surface area (Å²) in [6, 6.07) is 11.9. The number of anilines is 2. The lowest BCUT2D eigenvalue weighted by Crippen LogP contribution is -2.11. The minimum Gasteiger partial charge on any atom is -0.399 e. The molecule has 78 valence electrons. The maximum absolute atomic E-state index is 5.63. The second-order valence-corrected chi connectivity index (χ2v) is 3.69. The first kappa shape index (κ1) is 9.65. The van der Waals surface area contributed by atoms with Crippen molar-refractivity contribution < 1.29 is 0 Å². The molecule has 3 nitrogen and oxygen atoms in total. The van der Waals surface area contributed by atoms with E-state index in [0.717, 1.165) is 11.4 Å². The van der Waals surface area contributed by atoms with Crippen molar-refractivity contribution in [3.8, 4) is 0 Å². The highest BCUT2D eigenvalue weighted by molar-refractivity contribution is 5.51. The Labute approximate surface area is 89.5 Å². The molecule has 1 aromatic carbocycles. The molecule has 15 heavy (non-hydrogen) atoms. The molecule has 0 atom stereocenters. The molecule has 0 aliphatic heterocycles. The smallest absolute Gasteiger partial charge is 0.0547 e. The fourth-order valence-corrected chi connectivity index (χ4v) is 1.53. The highest BCUT2D eigenvalue weighted by Gasteiger charge is 2.00. The summed E-state index contributed by atoms with van der Waals surface area (Å²) in [7, 11) is 0. The Hall–Kier alpha value is -1.90. The molecule has 0 saturated carbocycles. The summed E-state index contributed by atoms with van der Waals surface area (Å²) in [4.78, 5) is 0. The van der Waals surface area contributed by atoms with E-state index < -0.39 is 0 Å². The maximum atomic E-state index is 5.63. The van der Waals surface area contributed by atoms with Gasteiger partial charge in [-0.2, -0.15) is 0 Å². The molecule has 0 aliphatic carbocycles. The van der Waals surface area contributed by atoms with Gasteiger partial charge in [0.1, 0.15) is 0 Å². The molecule has 3 N–H and O–H groups in total. The van der Waals surface area contributed by atoms with E-state index in [-0.39, 0.29) is 0 Å². The monoisotopic (exact) mass is 201 g/mol. The molecular weight excluding hydrogens is 186 g/mol. The summed E-state index contributed by atoms with van der Waals surface area (Å²) in [6.07, 6.45) is 0. The van der Waals surface area contributed by atoms with Crippen molar-refractivity contribution in [2.45, 2.75) is 13.8 Å². The van der Waals surface area contributed by atoms with Crippen LogP contribution >= 0.6 is 0 Å². The van der Waals surface area contributed by atoms with E-state index in [1.807, 2.05) is 28.9 Å². The van der Waals surface area contributed by atoms with Crippen LogP contribution in [0, 0.1) is 13.8 Å². The number of aryl methyl sites for hydroxylation is 2. The van der Waals surface area contributed by atoms with Crippen LogP contribution in [-0.2, 0) is 0 Å². The van der Waals surface area contributed by atoms with Crippen molar-refractivity contribution in [2.24, 2.45) is 0 Å². The minimum absolute atomic E-state index is 0.779. The summed E-state index contributed by atoms with van der Waals surface area (Å²) in [5, 5.41) is 0. The SMILES string of the molecule is Cc1ccc(C)n1Nc1ccc(N)cc1. The number of nitrogens with zero attached hydrogens (tertiary/aromatic N) is 1. The van der Waals surface area contributed by atoms with Gasteiger partial charge in [0.25, 0.3) is 0 Å². The van der Waals surface area contributed by atoms with Crippen LogP contribution < -0.4 is 11.2 Å². The third-order valence-electron chi connectivity index (χ3n) is 2.42. The van der Waals surface area contributed by atoms with Crippen molar-refractivity contribution in [2.75, 3.05) is 11.2 Å². The molecule has 1 heterocycles. The Morgan fingerprint density at radius 1 is 0.933 bits per heavy atom. The van der Waals surface area contributed by atoms with Crippen molar-refractivity contribution in [3.05, 3.63) is 47.8 Å². The molecule has 3 heteroatoms. The van der Waals surface area contributed by atoms with Crippen LogP contribution in [0.3, 0.4) is 0 Å². The Morgan fingerprint density at radius 3 is 2.00 bits per heavy atom. The molecule has 2 rings (SSSR count). The van der Waals surface area contributed by atoms with E-state index in [1.54, 1.807) is 0 Å². The van der Waals surface area contributed by atoms with E-state index in [4.69, 9.17) is 5.73 Å². The molecule has 0 bridgehead atoms. The van der Waals surface area contributed by atoms with Gasteiger partial charge in [0.05, 0.1) is 5.69 Å². The molecular formula is C12H15N3. The summed E-state index contributed by atoms with van der Waals surface area (Å²) in [5.41, 5.74) is 13.1. The lowest BCUT2D eigenvalue weighted by Gasteiger charge is -2.12. The van der Waals surface area contributed by atoms with Gasteiger partial charge in [-0.3, -0.25) is 10.1 Å². The predicted molar refractivity (Wildman–Crippen MR) is 63.8 cm³/mol. The molecule has 0 saturated heterocycles. The lowest BCUT2D eigenvalue weighted by molar-refractivity contribution is 0.882. The summed E-state index contributed by atoms with van der Waals surface area (Å²) >= 11 is 0. The van der Waals surface area contributed by atoms with Crippen LogP contribution in [0.2, 0.25) is 0 Å². The third-order valence-corrected chi connectivity index (χ3v) is 2.42. The molecule has 0 amide bonds.